The maximum absolute atomic E-state index is 4.79. The summed E-state index contributed by atoms with van der Waals surface area (Å²) in [5.74, 6) is 0.474. The lowest BCUT2D eigenvalue weighted by Gasteiger charge is -2.13. The van der Waals surface area contributed by atoms with E-state index in [1.807, 2.05) is 17.5 Å². The van der Waals surface area contributed by atoms with E-state index >= 15 is 0 Å². The first-order chi connectivity index (χ1) is 12.5. The molecule has 0 aliphatic rings. The van der Waals surface area contributed by atoms with Crippen LogP contribution in [0.5, 0.6) is 0 Å². The number of aromatic nitrogens is 1. The van der Waals surface area contributed by atoms with E-state index in [0.717, 1.165) is 5.69 Å². The van der Waals surface area contributed by atoms with E-state index in [2.05, 4.69) is 82.2 Å². The highest BCUT2D eigenvalue weighted by atomic mass is 32.1. The van der Waals surface area contributed by atoms with Crippen molar-refractivity contribution in [3.8, 4) is 11.3 Å². The van der Waals surface area contributed by atoms with E-state index in [-0.39, 0.29) is 0 Å². The third kappa shape index (κ3) is 2.67. The minimum absolute atomic E-state index is 0.474. The molecule has 0 N–H and O–H groups in total. The lowest BCUT2D eigenvalue weighted by Crippen LogP contribution is -2.07. The van der Waals surface area contributed by atoms with Crippen LogP contribution in [0.25, 0.3) is 32.1 Å². The van der Waals surface area contributed by atoms with Crippen LogP contribution in [0.4, 0.5) is 5.00 Å². The first kappa shape index (κ1) is 17.0. The second-order valence-electron chi connectivity index (χ2n) is 7.40. The van der Waals surface area contributed by atoms with Crippen LogP contribution >= 0.6 is 11.3 Å². The van der Waals surface area contributed by atoms with Gasteiger partial charge in [-0.1, -0.05) is 38.1 Å². The topological polar surface area (TPSA) is 16.1 Å². The van der Waals surface area contributed by atoms with E-state index in [1.54, 1.807) is 0 Å². The van der Waals surface area contributed by atoms with Crippen LogP contribution in [0.2, 0.25) is 0 Å². The maximum atomic E-state index is 4.79. The van der Waals surface area contributed by atoms with Gasteiger partial charge < -0.3 is 4.90 Å². The maximum Gasteiger partial charge on any atom is 0.0946 e. The summed E-state index contributed by atoms with van der Waals surface area (Å²) in [6, 6.07) is 15.4. The Bertz CT molecular complexity index is 1110. The van der Waals surface area contributed by atoms with Gasteiger partial charge in [0.25, 0.3) is 0 Å². The van der Waals surface area contributed by atoms with Gasteiger partial charge in [0.1, 0.15) is 0 Å². The normalized spacial score (nSPS) is 11.6. The average Bonchev–Trinajstić information content (AvgIpc) is 2.98. The molecule has 0 spiro atoms. The molecule has 4 rings (SSSR count). The van der Waals surface area contributed by atoms with Crippen LogP contribution in [0.15, 0.2) is 48.7 Å². The van der Waals surface area contributed by atoms with Gasteiger partial charge in [-0.05, 0) is 52.9 Å². The quantitative estimate of drug-likeness (QED) is 0.408. The Balaban J connectivity index is 2.03. The summed E-state index contributed by atoms with van der Waals surface area (Å²) < 4.78 is 1.28. The van der Waals surface area contributed by atoms with E-state index in [4.69, 9.17) is 4.98 Å². The molecule has 2 nitrogen and oxygen atoms in total. The van der Waals surface area contributed by atoms with Gasteiger partial charge in [-0.15, -0.1) is 11.3 Å². The van der Waals surface area contributed by atoms with Gasteiger partial charge in [0, 0.05) is 31.2 Å². The van der Waals surface area contributed by atoms with E-state index in [9.17, 15) is 0 Å². The number of aryl methyl sites for hydroxylation is 1. The molecule has 0 fully saturated rings. The van der Waals surface area contributed by atoms with E-state index in [0.29, 0.717) is 5.92 Å². The molecule has 2 aromatic heterocycles. The Hall–Kier alpha value is -2.39. The van der Waals surface area contributed by atoms with Crippen molar-refractivity contribution in [3.05, 3.63) is 59.8 Å². The molecule has 4 aromatic rings. The summed E-state index contributed by atoms with van der Waals surface area (Å²) >= 11 is 1.84. The van der Waals surface area contributed by atoms with Crippen LogP contribution in [0.1, 0.15) is 30.9 Å². The molecule has 26 heavy (non-hydrogen) atoms. The smallest absolute Gasteiger partial charge is 0.0946 e. The fourth-order valence-corrected chi connectivity index (χ4v) is 4.96. The predicted molar refractivity (Wildman–Crippen MR) is 116 cm³/mol. The highest BCUT2D eigenvalue weighted by Crippen LogP contribution is 2.42. The summed E-state index contributed by atoms with van der Waals surface area (Å²) in [7, 11) is 4.22. The number of nitrogens with zero attached hydrogens (tertiary/aromatic N) is 2. The molecule has 3 heteroatoms. The number of fused-ring (bicyclic) bond motifs is 2. The average molecular weight is 361 g/mol. The number of anilines is 1. The number of pyridine rings is 1. The SMILES string of the molecule is Cc1c(N(C)C)sc2c(-c3cc(C(C)C)c4ccccc4c3)nccc12. The number of thiophene rings is 1. The van der Waals surface area contributed by atoms with Crippen molar-refractivity contribution in [1.82, 2.24) is 4.98 Å². The summed E-state index contributed by atoms with van der Waals surface area (Å²) in [5, 5.41) is 5.24. The molecule has 0 aliphatic carbocycles. The van der Waals surface area contributed by atoms with Crippen molar-refractivity contribution in [2.75, 3.05) is 19.0 Å². The van der Waals surface area contributed by atoms with Crippen molar-refractivity contribution in [1.29, 1.82) is 0 Å². The van der Waals surface area contributed by atoms with Crippen LogP contribution in [-0.4, -0.2) is 19.1 Å². The zero-order valence-corrected chi connectivity index (χ0v) is 16.8. The Morgan fingerprint density at radius 2 is 1.77 bits per heavy atom. The van der Waals surface area contributed by atoms with Gasteiger partial charge in [0.05, 0.1) is 15.4 Å². The van der Waals surface area contributed by atoms with Crippen molar-refractivity contribution in [3.63, 3.8) is 0 Å². The summed E-state index contributed by atoms with van der Waals surface area (Å²) in [5.41, 5.74) is 5.03. The molecule has 0 amide bonds. The Morgan fingerprint density at radius 3 is 2.50 bits per heavy atom. The van der Waals surface area contributed by atoms with Gasteiger partial charge in [0.15, 0.2) is 0 Å². The Labute approximate surface area is 159 Å². The molecule has 0 bridgehead atoms. The second-order valence-corrected chi connectivity index (χ2v) is 8.40. The lowest BCUT2D eigenvalue weighted by molar-refractivity contribution is 0.876. The standard InChI is InChI=1S/C23H24N2S/c1-14(2)20-13-17(12-16-8-6-7-9-19(16)20)21-22-18(10-11-24-21)15(3)23(26-22)25(4)5/h6-14H,1-5H3. The fraction of sp³-hybridized carbons (Fsp3) is 0.261. The first-order valence-corrected chi connectivity index (χ1v) is 9.87. The van der Waals surface area contributed by atoms with Crippen LogP contribution < -0.4 is 4.90 Å². The minimum Gasteiger partial charge on any atom is -0.369 e. The highest BCUT2D eigenvalue weighted by molar-refractivity contribution is 7.23. The van der Waals surface area contributed by atoms with Gasteiger partial charge in [-0.2, -0.15) is 0 Å². The molecule has 0 unspecified atom stereocenters. The highest BCUT2D eigenvalue weighted by Gasteiger charge is 2.16. The summed E-state index contributed by atoms with van der Waals surface area (Å²) in [4.78, 5) is 6.99. The summed E-state index contributed by atoms with van der Waals surface area (Å²) in [6.07, 6.45) is 1.95. The van der Waals surface area contributed by atoms with E-state index < -0.39 is 0 Å². The molecule has 0 aliphatic heterocycles. The van der Waals surface area contributed by atoms with Gasteiger partial charge in [-0.25, -0.2) is 0 Å². The zero-order chi connectivity index (χ0) is 18.4. The van der Waals surface area contributed by atoms with Gasteiger partial charge in [0.2, 0.25) is 0 Å². The molecule has 2 aromatic carbocycles. The Morgan fingerprint density at radius 1 is 1.00 bits per heavy atom. The van der Waals surface area contributed by atoms with Gasteiger partial charge in [-0.3, -0.25) is 4.98 Å². The largest absolute Gasteiger partial charge is 0.369 e. The number of hydrogen-bond donors (Lipinski definition) is 0. The molecule has 0 saturated carbocycles. The van der Waals surface area contributed by atoms with Crippen LogP contribution in [0.3, 0.4) is 0 Å². The third-order valence-corrected chi connectivity index (χ3v) is 6.51. The molecule has 0 atom stereocenters. The van der Waals surface area contributed by atoms with Crippen molar-refractivity contribution in [2.45, 2.75) is 26.7 Å². The van der Waals surface area contributed by atoms with Crippen molar-refractivity contribution >= 4 is 37.2 Å². The first-order valence-electron chi connectivity index (χ1n) is 9.06. The third-order valence-electron chi connectivity index (χ3n) is 5.02. The molecular formula is C23H24N2S. The van der Waals surface area contributed by atoms with E-state index in [1.165, 1.54) is 42.6 Å². The van der Waals surface area contributed by atoms with Crippen LogP contribution in [-0.2, 0) is 0 Å². The Kier molecular flexibility index (Phi) is 4.20. The predicted octanol–water partition coefficient (Wildman–Crippen LogP) is 6.61. The molecule has 132 valence electrons. The van der Waals surface area contributed by atoms with Crippen molar-refractivity contribution in [2.24, 2.45) is 0 Å². The zero-order valence-electron chi connectivity index (χ0n) is 16.0. The molecule has 2 heterocycles. The number of hydrogen-bond acceptors (Lipinski definition) is 3. The second kappa shape index (κ2) is 6.40. The fourth-order valence-electron chi connectivity index (χ4n) is 3.72. The number of rotatable bonds is 3. The minimum atomic E-state index is 0.474. The summed E-state index contributed by atoms with van der Waals surface area (Å²) in [6.45, 7) is 6.73. The van der Waals surface area contributed by atoms with Crippen LogP contribution in [0, 0.1) is 6.92 Å². The van der Waals surface area contributed by atoms with Gasteiger partial charge >= 0.3 is 0 Å². The van der Waals surface area contributed by atoms with Crippen molar-refractivity contribution < 1.29 is 0 Å². The number of benzene rings is 2. The molecular weight excluding hydrogens is 336 g/mol. The monoisotopic (exact) mass is 360 g/mol. The molecule has 0 saturated heterocycles. The lowest BCUT2D eigenvalue weighted by atomic mass is 9.92. The molecule has 0 radical (unpaired) electrons.